The minimum absolute atomic E-state index is 0.295. The van der Waals surface area contributed by atoms with Crippen LogP contribution in [0, 0.1) is 0 Å². The number of aliphatic hydroxyl groups is 2. The van der Waals surface area contributed by atoms with Crippen LogP contribution in [-0.4, -0.2) is 27.4 Å². The van der Waals surface area contributed by atoms with Crippen molar-refractivity contribution in [2.24, 2.45) is 0 Å². The zero-order valence-electron chi connectivity index (χ0n) is 8.85. The number of benzene rings is 1. The van der Waals surface area contributed by atoms with Gasteiger partial charge in [-0.2, -0.15) is 13.2 Å². The average Bonchev–Trinajstić information content (AvgIpc) is 2.24. The molecular formula is C10H10F3NO4. The molecule has 0 spiro atoms. The number of aliphatic carboxylic acids is 1. The van der Waals surface area contributed by atoms with E-state index in [4.69, 9.17) is 15.9 Å². The van der Waals surface area contributed by atoms with Crippen molar-refractivity contribution < 1.29 is 33.3 Å². The molecule has 0 aliphatic heterocycles. The van der Waals surface area contributed by atoms with Gasteiger partial charge in [0.1, 0.15) is 6.10 Å². The fourth-order valence-electron chi connectivity index (χ4n) is 1.33. The molecule has 0 bridgehead atoms. The number of halogens is 3. The predicted octanol–water partition coefficient (Wildman–Crippen LogP) is 0.767. The van der Waals surface area contributed by atoms with Gasteiger partial charge in [0.15, 0.2) is 6.10 Å². The largest absolute Gasteiger partial charge is 0.479 e. The van der Waals surface area contributed by atoms with E-state index < -0.39 is 35.5 Å². The van der Waals surface area contributed by atoms with Crippen LogP contribution in [0.1, 0.15) is 17.2 Å². The molecule has 2 atom stereocenters. The van der Waals surface area contributed by atoms with Crippen molar-refractivity contribution >= 4 is 11.7 Å². The summed E-state index contributed by atoms with van der Waals surface area (Å²) in [5.41, 5.74) is 3.39. The highest BCUT2D eigenvalue weighted by atomic mass is 19.4. The molecule has 0 radical (unpaired) electrons. The molecule has 1 rings (SSSR count). The summed E-state index contributed by atoms with van der Waals surface area (Å²) in [7, 11) is 0. The maximum atomic E-state index is 12.5. The molecule has 18 heavy (non-hydrogen) atoms. The van der Waals surface area contributed by atoms with Crippen LogP contribution in [0.3, 0.4) is 0 Å². The summed E-state index contributed by atoms with van der Waals surface area (Å²) in [6.45, 7) is 0. The van der Waals surface area contributed by atoms with Crippen LogP contribution in [0.5, 0.6) is 0 Å². The zero-order valence-corrected chi connectivity index (χ0v) is 8.85. The quantitative estimate of drug-likeness (QED) is 0.604. The minimum Gasteiger partial charge on any atom is -0.479 e. The van der Waals surface area contributed by atoms with Gasteiger partial charge in [0.25, 0.3) is 0 Å². The van der Waals surface area contributed by atoms with Crippen LogP contribution in [0.25, 0.3) is 0 Å². The summed E-state index contributed by atoms with van der Waals surface area (Å²) in [5.74, 6) is -1.75. The summed E-state index contributed by atoms with van der Waals surface area (Å²) in [6.07, 6.45) is -8.90. The first-order valence-corrected chi connectivity index (χ1v) is 4.69. The Labute approximate surface area is 99.3 Å². The number of hydrogen-bond acceptors (Lipinski definition) is 4. The van der Waals surface area contributed by atoms with Gasteiger partial charge >= 0.3 is 12.1 Å². The molecule has 0 aliphatic carbocycles. The van der Waals surface area contributed by atoms with Crippen LogP contribution < -0.4 is 5.73 Å². The molecule has 1 aromatic rings. The molecule has 0 aliphatic rings. The smallest absolute Gasteiger partial charge is 0.416 e. The van der Waals surface area contributed by atoms with Crippen molar-refractivity contribution in [3.63, 3.8) is 0 Å². The van der Waals surface area contributed by atoms with Gasteiger partial charge in [-0.05, 0) is 23.8 Å². The third-order valence-electron chi connectivity index (χ3n) is 2.20. The number of rotatable bonds is 3. The van der Waals surface area contributed by atoms with E-state index in [1.54, 1.807) is 0 Å². The number of nitrogen functional groups attached to an aromatic ring is 1. The maximum Gasteiger partial charge on any atom is 0.416 e. The van der Waals surface area contributed by atoms with E-state index in [2.05, 4.69) is 0 Å². The van der Waals surface area contributed by atoms with Gasteiger partial charge in [-0.25, -0.2) is 4.79 Å². The molecule has 0 fully saturated rings. The lowest BCUT2D eigenvalue weighted by molar-refractivity contribution is -0.153. The lowest BCUT2D eigenvalue weighted by atomic mass is 10.0. The van der Waals surface area contributed by atoms with E-state index in [9.17, 15) is 23.1 Å². The first-order chi connectivity index (χ1) is 8.12. The molecule has 0 saturated carbocycles. The zero-order chi connectivity index (χ0) is 14.1. The van der Waals surface area contributed by atoms with Crippen molar-refractivity contribution in [2.75, 3.05) is 5.73 Å². The van der Waals surface area contributed by atoms with Crippen molar-refractivity contribution in [2.45, 2.75) is 18.4 Å². The number of anilines is 1. The van der Waals surface area contributed by atoms with Gasteiger partial charge in [-0.15, -0.1) is 0 Å². The summed E-state index contributed by atoms with van der Waals surface area (Å²) in [6, 6.07) is 2.14. The number of carboxylic acids is 1. The molecular weight excluding hydrogens is 255 g/mol. The van der Waals surface area contributed by atoms with Crippen LogP contribution in [0.4, 0.5) is 18.9 Å². The SMILES string of the molecule is Nc1cc(C(O)C(O)C(=O)O)cc(C(F)(F)F)c1. The molecule has 8 heteroatoms. The molecule has 1 aromatic carbocycles. The summed E-state index contributed by atoms with van der Waals surface area (Å²) < 4.78 is 37.4. The van der Waals surface area contributed by atoms with Crippen LogP contribution >= 0.6 is 0 Å². The lowest BCUT2D eigenvalue weighted by Crippen LogP contribution is -2.27. The van der Waals surface area contributed by atoms with E-state index in [0.29, 0.717) is 12.1 Å². The van der Waals surface area contributed by atoms with Crippen molar-refractivity contribution in [1.82, 2.24) is 0 Å². The fourth-order valence-corrected chi connectivity index (χ4v) is 1.33. The number of hydrogen-bond donors (Lipinski definition) is 4. The molecule has 5 nitrogen and oxygen atoms in total. The molecule has 2 unspecified atom stereocenters. The van der Waals surface area contributed by atoms with Crippen molar-refractivity contribution in [1.29, 1.82) is 0 Å². The topological polar surface area (TPSA) is 104 Å². The van der Waals surface area contributed by atoms with E-state index in [-0.39, 0.29) is 5.69 Å². The van der Waals surface area contributed by atoms with Crippen molar-refractivity contribution in [3.05, 3.63) is 29.3 Å². The second-order valence-corrected chi connectivity index (χ2v) is 3.61. The second kappa shape index (κ2) is 4.83. The first-order valence-electron chi connectivity index (χ1n) is 4.69. The molecule has 0 saturated heterocycles. The Kier molecular flexibility index (Phi) is 3.82. The highest BCUT2D eigenvalue weighted by Gasteiger charge is 2.33. The standard InChI is InChI=1S/C10H10F3NO4/c11-10(12,13)5-1-4(2-6(14)3-5)7(15)8(16)9(17)18/h1-3,7-8,15-16H,14H2,(H,17,18). The van der Waals surface area contributed by atoms with Gasteiger partial charge < -0.3 is 21.1 Å². The molecule has 0 aromatic heterocycles. The van der Waals surface area contributed by atoms with Gasteiger partial charge in [-0.3, -0.25) is 0 Å². The van der Waals surface area contributed by atoms with E-state index in [0.717, 1.165) is 6.07 Å². The third kappa shape index (κ3) is 3.11. The number of alkyl halides is 3. The number of carboxylic acid groups (broad SMARTS) is 1. The summed E-state index contributed by atoms with van der Waals surface area (Å²) in [5, 5.41) is 26.9. The van der Waals surface area contributed by atoms with Gasteiger partial charge in [0, 0.05) is 5.69 Å². The monoisotopic (exact) mass is 265 g/mol. The van der Waals surface area contributed by atoms with Crippen LogP contribution in [-0.2, 0) is 11.0 Å². The molecule has 0 amide bonds. The third-order valence-corrected chi connectivity index (χ3v) is 2.20. The highest BCUT2D eigenvalue weighted by molar-refractivity contribution is 5.73. The Morgan fingerprint density at radius 1 is 1.22 bits per heavy atom. The number of nitrogens with two attached hydrogens (primary N) is 1. The highest BCUT2D eigenvalue weighted by Crippen LogP contribution is 2.33. The van der Waals surface area contributed by atoms with Crippen LogP contribution in [0.2, 0.25) is 0 Å². The minimum atomic E-state index is -4.68. The Morgan fingerprint density at radius 3 is 2.22 bits per heavy atom. The normalized spacial score (nSPS) is 15.2. The maximum absolute atomic E-state index is 12.5. The number of aliphatic hydroxyl groups excluding tert-OH is 2. The van der Waals surface area contributed by atoms with Crippen molar-refractivity contribution in [3.8, 4) is 0 Å². The fraction of sp³-hybridized carbons (Fsp3) is 0.300. The molecule has 100 valence electrons. The molecule has 5 N–H and O–H groups in total. The first kappa shape index (κ1) is 14.3. The number of carbonyl (C=O) groups is 1. The Hall–Kier alpha value is -1.80. The van der Waals surface area contributed by atoms with Gasteiger partial charge in [0.2, 0.25) is 0 Å². The van der Waals surface area contributed by atoms with Gasteiger partial charge in [0.05, 0.1) is 5.56 Å². The summed E-state index contributed by atoms with van der Waals surface area (Å²) >= 11 is 0. The second-order valence-electron chi connectivity index (χ2n) is 3.61. The van der Waals surface area contributed by atoms with E-state index in [1.165, 1.54) is 0 Å². The Balaban J connectivity index is 3.18. The Morgan fingerprint density at radius 2 is 1.78 bits per heavy atom. The van der Waals surface area contributed by atoms with Crippen LogP contribution in [0.15, 0.2) is 18.2 Å². The van der Waals surface area contributed by atoms with E-state index >= 15 is 0 Å². The predicted molar refractivity (Wildman–Crippen MR) is 54.5 cm³/mol. The average molecular weight is 265 g/mol. The lowest BCUT2D eigenvalue weighted by Gasteiger charge is -2.17. The Bertz CT molecular complexity index is 461. The summed E-state index contributed by atoms with van der Waals surface area (Å²) in [4.78, 5) is 10.4. The molecule has 0 heterocycles. The van der Waals surface area contributed by atoms with Gasteiger partial charge in [-0.1, -0.05) is 0 Å². The van der Waals surface area contributed by atoms with E-state index in [1.807, 2.05) is 0 Å².